The maximum absolute atomic E-state index is 14.1. The van der Waals surface area contributed by atoms with Crippen LogP contribution in [0.4, 0.5) is 15.8 Å². The molecule has 0 saturated carbocycles. The van der Waals surface area contributed by atoms with Crippen LogP contribution in [0.25, 0.3) is 0 Å². The number of halogens is 2. The van der Waals surface area contributed by atoms with Gasteiger partial charge in [0.2, 0.25) is 5.91 Å². The van der Waals surface area contributed by atoms with E-state index < -0.39 is 10.0 Å². The monoisotopic (exact) mass is 529 g/mol. The molecule has 6 nitrogen and oxygen atoms in total. The summed E-state index contributed by atoms with van der Waals surface area (Å²) in [6.45, 7) is 5.46. The van der Waals surface area contributed by atoms with E-state index in [0.717, 1.165) is 11.1 Å². The molecule has 1 heterocycles. The molecule has 0 aliphatic carbocycles. The number of anilines is 2. The van der Waals surface area contributed by atoms with Crippen LogP contribution >= 0.6 is 11.6 Å². The number of rotatable bonds is 7. The third-order valence-electron chi connectivity index (χ3n) is 6.47. The zero-order valence-corrected chi connectivity index (χ0v) is 21.8. The number of amides is 1. The number of carbonyl (C=O) groups is 1. The van der Waals surface area contributed by atoms with Crippen LogP contribution in [0, 0.1) is 25.6 Å². The molecule has 0 radical (unpaired) electrons. The largest absolute Gasteiger partial charge is 0.326 e. The lowest BCUT2D eigenvalue weighted by molar-refractivity contribution is -0.121. The van der Waals surface area contributed by atoms with Crippen LogP contribution in [0.1, 0.15) is 29.5 Å². The highest BCUT2D eigenvalue weighted by atomic mass is 35.5. The fraction of sp³-hybridized carbons (Fsp3) is 0.296. The van der Waals surface area contributed by atoms with Crippen LogP contribution in [-0.4, -0.2) is 32.3 Å². The Kier molecular flexibility index (Phi) is 7.97. The van der Waals surface area contributed by atoms with E-state index in [1.54, 1.807) is 30.3 Å². The van der Waals surface area contributed by atoms with Gasteiger partial charge in [0.15, 0.2) is 0 Å². The van der Waals surface area contributed by atoms with Crippen molar-refractivity contribution in [3.05, 3.63) is 88.2 Å². The molecule has 1 amide bonds. The number of nitrogens with one attached hydrogen (secondary N) is 2. The molecule has 190 valence electrons. The molecule has 0 unspecified atom stereocenters. The molecule has 1 saturated heterocycles. The zero-order chi connectivity index (χ0) is 25.9. The van der Waals surface area contributed by atoms with Crippen molar-refractivity contribution >= 4 is 38.9 Å². The maximum Gasteiger partial charge on any atom is 0.261 e. The molecule has 1 fully saturated rings. The van der Waals surface area contributed by atoms with E-state index in [4.69, 9.17) is 11.6 Å². The fourth-order valence-corrected chi connectivity index (χ4v) is 5.62. The van der Waals surface area contributed by atoms with Gasteiger partial charge in [-0.15, -0.1) is 0 Å². The summed E-state index contributed by atoms with van der Waals surface area (Å²) >= 11 is 6.14. The fourth-order valence-electron chi connectivity index (χ4n) is 4.27. The second kappa shape index (κ2) is 11.0. The third kappa shape index (κ3) is 6.24. The Hall–Kier alpha value is -2.94. The second-order valence-corrected chi connectivity index (χ2v) is 11.3. The summed E-state index contributed by atoms with van der Waals surface area (Å²) in [6, 6.07) is 16.4. The molecular formula is C27H29ClFN3O3S. The number of hydrogen-bond donors (Lipinski definition) is 2. The van der Waals surface area contributed by atoms with Crippen LogP contribution in [0.15, 0.2) is 65.6 Å². The molecule has 3 aromatic carbocycles. The van der Waals surface area contributed by atoms with Gasteiger partial charge in [-0.05, 0) is 93.4 Å². The van der Waals surface area contributed by atoms with Crippen molar-refractivity contribution in [1.29, 1.82) is 0 Å². The van der Waals surface area contributed by atoms with Gasteiger partial charge in [-0.3, -0.25) is 14.4 Å². The van der Waals surface area contributed by atoms with Crippen molar-refractivity contribution in [3.63, 3.8) is 0 Å². The molecule has 4 rings (SSSR count). The van der Waals surface area contributed by atoms with E-state index in [1.165, 1.54) is 18.2 Å². The lowest BCUT2D eigenvalue weighted by Gasteiger charge is -2.31. The molecule has 3 aromatic rings. The topological polar surface area (TPSA) is 78.5 Å². The lowest BCUT2D eigenvalue weighted by Crippen LogP contribution is -2.38. The number of likely N-dealkylation sites (tertiary alicyclic amines) is 1. The molecular weight excluding hydrogens is 501 g/mol. The third-order valence-corrected chi connectivity index (χ3v) is 8.21. The first-order valence-electron chi connectivity index (χ1n) is 11.8. The van der Waals surface area contributed by atoms with Crippen molar-refractivity contribution < 1.29 is 17.6 Å². The summed E-state index contributed by atoms with van der Waals surface area (Å²) in [7, 11) is -3.76. The number of nitrogens with zero attached hydrogens (tertiary/aromatic N) is 1. The van der Waals surface area contributed by atoms with Crippen LogP contribution in [0.2, 0.25) is 5.02 Å². The smallest absolute Gasteiger partial charge is 0.261 e. The van der Waals surface area contributed by atoms with Gasteiger partial charge >= 0.3 is 0 Å². The molecule has 2 N–H and O–H groups in total. The van der Waals surface area contributed by atoms with Crippen LogP contribution in [0.5, 0.6) is 0 Å². The molecule has 0 spiro atoms. The van der Waals surface area contributed by atoms with E-state index in [9.17, 15) is 17.6 Å². The molecule has 9 heteroatoms. The number of piperidine rings is 1. The van der Waals surface area contributed by atoms with Gasteiger partial charge in [-0.2, -0.15) is 0 Å². The molecule has 0 bridgehead atoms. The first kappa shape index (κ1) is 26.1. The predicted molar refractivity (Wildman–Crippen MR) is 141 cm³/mol. The number of benzene rings is 3. The SMILES string of the molecule is Cc1ccc(C)c(NS(=O)(=O)c2ccc(NC(=O)C3CCN(Cc4c(F)cccc4Cl)CC3)cc2)c1. The Balaban J connectivity index is 1.32. The minimum Gasteiger partial charge on any atom is -0.326 e. The zero-order valence-electron chi connectivity index (χ0n) is 20.2. The van der Waals surface area contributed by atoms with Crippen molar-refractivity contribution in [3.8, 4) is 0 Å². The molecule has 0 atom stereocenters. The Morgan fingerprint density at radius 3 is 2.42 bits per heavy atom. The minimum absolute atomic E-state index is 0.109. The van der Waals surface area contributed by atoms with E-state index in [2.05, 4.69) is 14.9 Å². The van der Waals surface area contributed by atoms with E-state index in [0.29, 0.717) is 54.4 Å². The first-order valence-corrected chi connectivity index (χ1v) is 13.6. The quantitative estimate of drug-likeness (QED) is 0.408. The Morgan fingerprint density at radius 2 is 1.75 bits per heavy atom. The highest BCUT2D eigenvalue weighted by Crippen LogP contribution is 2.26. The molecule has 1 aliphatic rings. The Bertz CT molecular complexity index is 1330. The number of aryl methyl sites for hydroxylation is 2. The van der Waals surface area contributed by atoms with E-state index in [1.807, 2.05) is 26.0 Å². The van der Waals surface area contributed by atoms with Gasteiger partial charge in [0.25, 0.3) is 10.0 Å². The van der Waals surface area contributed by atoms with Gasteiger partial charge in [-0.25, -0.2) is 12.8 Å². The van der Waals surface area contributed by atoms with E-state index >= 15 is 0 Å². The van der Waals surface area contributed by atoms with Gasteiger partial charge in [-0.1, -0.05) is 29.8 Å². The van der Waals surface area contributed by atoms with Crippen molar-refractivity contribution in [2.45, 2.75) is 38.1 Å². The highest BCUT2D eigenvalue weighted by Gasteiger charge is 2.26. The lowest BCUT2D eigenvalue weighted by atomic mass is 9.95. The first-order chi connectivity index (χ1) is 17.1. The summed E-state index contributed by atoms with van der Waals surface area (Å²) in [6.07, 6.45) is 1.29. The van der Waals surface area contributed by atoms with Crippen LogP contribution < -0.4 is 10.0 Å². The normalized spacial score (nSPS) is 15.0. The maximum atomic E-state index is 14.1. The highest BCUT2D eigenvalue weighted by molar-refractivity contribution is 7.92. The van der Waals surface area contributed by atoms with Crippen molar-refractivity contribution in [2.75, 3.05) is 23.1 Å². The summed E-state index contributed by atoms with van der Waals surface area (Å²) < 4.78 is 42.3. The second-order valence-electron chi connectivity index (χ2n) is 9.19. The van der Waals surface area contributed by atoms with Gasteiger partial charge < -0.3 is 5.32 Å². The van der Waals surface area contributed by atoms with Gasteiger partial charge in [0.05, 0.1) is 10.6 Å². The van der Waals surface area contributed by atoms with Crippen molar-refractivity contribution in [1.82, 2.24) is 4.90 Å². The predicted octanol–water partition coefficient (Wildman–Crippen LogP) is 5.75. The van der Waals surface area contributed by atoms with Crippen molar-refractivity contribution in [2.24, 2.45) is 5.92 Å². The number of hydrogen-bond acceptors (Lipinski definition) is 4. The number of carbonyl (C=O) groups excluding carboxylic acids is 1. The summed E-state index contributed by atoms with van der Waals surface area (Å²) in [4.78, 5) is 15.0. The van der Waals surface area contributed by atoms with E-state index in [-0.39, 0.29) is 22.5 Å². The number of sulfonamides is 1. The Labute approximate surface area is 216 Å². The van der Waals surface area contributed by atoms with Crippen LogP contribution in [-0.2, 0) is 21.4 Å². The summed E-state index contributed by atoms with van der Waals surface area (Å²) in [5.41, 5.74) is 3.33. The van der Waals surface area contributed by atoms with Gasteiger partial charge in [0, 0.05) is 28.7 Å². The Morgan fingerprint density at radius 1 is 1.06 bits per heavy atom. The minimum atomic E-state index is -3.76. The molecule has 36 heavy (non-hydrogen) atoms. The standard InChI is InChI=1S/C27H29ClFN3O3S/c1-18-6-7-19(2)26(16-18)31-36(34,35)22-10-8-21(9-11-22)30-27(33)20-12-14-32(15-13-20)17-23-24(28)4-3-5-25(23)29/h3-11,16,20,31H,12-15,17H2,1-2H3,(H,30,33). The van der Waals surface area contributed by atoms with Crippen LogP contribution in [0.3, 0.4) is 0 Å². The van der Waals surface area contributed by atoms with Gasteiger partial charge in [0.1, 0.15) is 5.82 Å². The summed E-state index contributed by atoms with van der Waals surface area (Å²) in [5.74, 6) is -0.605. The summed E-state index contributed by atoms with van der Waals surface area (Å²) in [5, 5.41) is 3.29. The average molecular weight is 530 g/mol. The molecule has 0 aromatic heterocycles. The molecule has 1 aliphatic heterocycles. The average Bonchev–Trinajstić information content (AvgIpc) is 2.84.